The van der Waals surface area contributed by atoms with E-state index in [1.807, 2.05) is 46.9 Å². The summed E-state index contributed by atoms with van der Waals surface area (Å²) in [5.74, 6) is 0.512. The van der Waals surface area contributed by atoms with Gasteiger partial charge in [0.2, 0.25) is 6.86 Å². The number of halogens is 2. The van der Waals surface area contributed by atoms with Crippen molar-refractivity contribution in [3.8, 4) is 16.9 Å². The molecule has 0 bridgehead atoms. The third-order valence-electron chi connectivity index (χ3n) is 4.64. The van der Waals surface area contributed by atoms with Gasteiger partial charge in [-0.1, -0.05) is 18.2 Å². The second-order valence-corrected chi connectivity index (χ2v) is 7.40. The van der Waals surface area contributed by atoms with Crippen LogP contribution in [0.1, 0.15) is 25.3 Å². The smallest absolute Gasteiger partial charge is 0.228 e. The summed E-state index contributed by atoms with van der Waals surface area (Å²) in [4.78, 5) is 16.7. The van der Waals surface area contributed by atoms with Crippen LogP contribution in [0.4, 0.5) is 4.39 Å². The number of ketones is 1. The van der Waals surface area contributed by atoms with E-state index in [4.69, 9.17) is 10.1 Å². The molecule has 1 saturated carbocycles. The van der Waals surface area contributed by atoms with E-state index in [0.29, 0.717) is 5.75 Å². The molecular weight excluding hydrogens is 448 g/mol. The van der Waals surface area contributed by atoms with Gasteiger partial charge in [-0.05, 0) is 71.5 Å². The first-order valence-corrected chi connectivity index (χ1v) is 9.33. The lowest BCUT2D eigenvalue weighted by atomic mass is 9.80. The molecule has 1 unspecified atom stereocenters. The van der Waals surface area contributed by atoms with Crippen LogP contribution in [-0.4, -0.2) is 21.5 Å². The van der Waals surface area contributed by atoms with Crippen molar-refractivity contribution in [1.82, 2.24) is 10.3 Å². The summed E-state index contributed by atoms with van der Waals surface area (Å²) in [5.41, 5.74) is 1.56. The molecule has 2 aromatic rings. The van der Waals surface area contributed by atoms with E-state index in [0.717, 1.165) is 29.5 Å². The minimum absolute atomic E-state index is 0.00814. The second kappa shape index (κ2) is 7.69. The van der Waals surface area contributed by atoms with E-state index in [9.17, 15) is 9.18 Å². The summed E-state index contributed by atoms with van der Waals surface area (Å²) in [6.45, 7) is 0.650. The highest BCUT2D eigenvalue weighted by Crippen LogP contribution is 2.47. The van der Waals surface area contributed by atoms with Crippen molar-refractivity contribution in [2.75, 3.05) is 6.86 Å². The van der Waals surface area contributed by atoms with Gasteiger partial charge in [-0.15, -0.1) is 0 Å². The molecule has 0 saturated heterocycles. The van der Waals surface area contributed by atoms with E-state index in [1.54, 1.807) is 19.2 Å². The fourth-order valence-corrected chi connectivity index (χ4v) is 3.77. The van der Waals surface area contributed by atoms with E-state index in [-0.39, 0.29) is 15.5 Å². The highest BCUT2D eigenvalue weighted by Gasteiger charge is 2.50. The Hall–Kier alpha value is -2.03. The first kappa shape index (κ1) is 18.8. The Labute approximate surface area is 165 Å². The average Bonchev–Trinajstić information content (AvgIpc) is 3.45. The van der Waals surface area contributed by atoms with Crippen molar-refractivity contribution in [2.24, 2.45) is 5.92 Å². The lowest BCUT2D eigenvalue weighted by molar-refractivity contribution is -0.123. The molecule has 5 nitrogen and oxygen atoms in total. The SMILES string of the molecule is CC(=O)C(NC(=N)I)(c1cccc(-c2cncc(OCF)c2)c1)C1CC1. The minimum Gasteiger partial charge on any atom is -0.461 e. The molecule has 1 aromatic heterocycles. The van der Waals surface area contributed by atoms with Crippen molar-refractivity contribution >= 4 is 32.2 Å². The van der Waals surface area contributed by atoms with Gasteiger partial charge in [-0.2, -0.15) is 0 Å². The molecule has 1 aromatic carbocycles. The van der Waals surface area contributed by atoms with Gasteiger partial charge in [0.1, 0.15) is 11.3 Å². The number of ether oxygens (including phenoxy) is 1. The number of hydrogen-bond acceptors (Lipinski definition) is 4. The lowest BCUT2D eigenvalue weighted by Gasteiger charge is -2.33. The average molecular weight is 467 g/mol. The maximum atomic E-state index is 12.6. The third-order valence-corrected chi connectivity index (χ3v) is 4.91. The number of alkyl halides is 1. The summed E-state index contributed by atoms with van der Waals surface area (Å²) in [6, 6.07) is 9.35. The molecule has 1 atom stereocenters. The van der Waals surface area contributed by atoms with Crippen molar-refractivity contribution in [3.05, 3.63) is 48.3 Å². The topological polar surface area (TPSA) is 75.1 Å². The maximum absolute atomic E-state index is 12.6. The number of amidine groups is 1. The van der Waals surface area contributed by atoms with Gasteiger partial charge < -0.3 is 10.1 Å². The molecule has 1 aliphatic rings. The standard InChI is InChI=1S/C19H19FIN3O2/c1-12(25)19(15-5-6-15,24-18(21)22)16-4-2-3-13(7-16)14-8-17(26-11-20)10-23-9-14/h2-4,7-10,15H,5-6,11H2,1H3,(H2,22,24). The van der Waals surface area contributed by atoms with Gasteiger partial charge >= 0.3 is 0 Å². The van der Waals surface area contributed by atoms with E-state index < -0.39 is 12.4 Å². The van der Waals surface area contributed by atoms with E-state index in [2.05, 4.69) is 10.3 Å². The minimum atomic E-state index is -0.915. The Morgan fingerprint density at radius 2 is 2.15 bits per heavy atom. The normalized spacial score (nSPS) is 15.8. The molecule has 7 heteroatoms. The number of nitrogens with zero attached hydrogens (tertiary/aromatic N) is 1. The molecule has 0 spiro atoms. The van der Waals surface area contributed by atoms with Crippen LogP contribution >= 0.6 is 22.6 Å². The molecule has 1 aliphatic carbocycles. The number of Topliss-reactive ketones (excluding diaryl/α,β-unsaturated/α-hetero) is 1. The van der Waals surface area contributed by atoms with Crippen molar-refractivity contribution in [3.63, 3.8) is 0 Å². The highest BCUT2D eigenvalue weighted by atomic mass is 127. The number of carbonyl (C=O) groups excluding carboxylic acids is 1. The first-order chi connectivity index (χ1) is 12.5. The molecular formula is C19H19FIN3O2. The van der Waals surface area contributed by atoms with Crippen LogP contribution in [0.15, 0.2) is 42.7 Å². The first-order valence-electron chi connectivity index (χ1n) is 8.25. The Morgan fingerprint density at radius 1 is 1.38 bits per heavy atom. The number of pyridine rings is 1. The fraction of sp³-hybridized carbons (Fsp3) is 0.316. The van der Waals surface area contributed by atoms with Crippen LogP contribution in [0.5, 0.6) is 5.75 Å². The van der Waals surface area contributed by atoms with E-state index in [1.165, 1.54) is 6.20 Å². The summed E-state index contributed by atoms with van der Waals surface area (Å²) in [6.07, 6.45) is 5.02. The van der Waals surface area contributed by atoms with Crippen molar-refractivity contribution in [2.45, 2.75) is 25.3 Å². The van der Waals surface area contributed by atoms with Crippen molar-refractivity contribution < 1.29 is 13.9 Å². The molecule has 2 N–H and O–H groups in total. The Kier molecular flexibility index (Phi) is 5.55. The molecule has 0 aliphatic heterocycles. The molecule has 1 heterocycles. The summed E-state index contributed by atoms with van der Waals surface area (Å²) >= 11 is 1.88. The molecule has 26 heavy (non-hydrogen) atoms. The van der Waals surface area contributed by atoms with Crippen LogP contribution in [0.2, 0.25) is 0 Å². The number of rotatable bonds is 7. The molecule has 136 valence electrons. The fourth-order valence-electron chi connectivity index (χ4n) is 3.34. The number of benzene rings is 1. The van der Waals surface area contributed by atoms with Gasteiger partial charge in [0, 0.05) is 11.8 Å². The number of aromatic nitrogens is 1. The summed E-state index contributed by atoms with van der Waals surface area (Å²) in [7, 11) is 0. The van der Waals surface area contributed by atoms with Crippen LogP contribution < -0.4 is 10.1 Å². The number of carbonyl (C=O) groups is 1. The predicted molar refractivity (Wildman–Crippen MR) is 106 cm³/mol. The van der Waals surface area contributed by atoms with Gasteiger partial charge in [-0.25, -0.2) is 4.39 Å². The van der Waals surface area contributed by atoms with Gasteiger partial charge in [0.05, 0.1) is 6.20 Å². The van der Waals surface area contributed by atoms with Gasteiger partial charge in [-0.3, -0.25) is 15.2 Å². The summed E-state index contributed by atoms with van der Waals surface area (Å²) < 4.78 is 17.5. The Morgan fingerprint density at radius 3 is 2.77 bits per heavy atom. The number of hydrogen-bond donors (Lipinski definition) is 2. The molecule has 0 radical (unpaired) electrons. The van der Waals surface area contributed by atoms with Crippen LogP contribution in [0, 0.1) is 11.3 Å². The van der Waals surface area contributed by atoms with Gasteiger partial charge in [0.15, 0.2) is 9.63 Å². The number of nitrogens with one attached hydrogen (secondary N) is 2. The maximum Gasteiger partial charge on any atom is 0.228 e. The molecule has 1 fully saturated rings. The zero-order chi connectivity index (χ0) is 18.7. The quantitative estimate of drug-likeness (QED) is 0.277. The Bertz CT molecular complexity index is 841. The monoisotopic (exact) mass is 467 g/mol. The van der Waals surface area contributed by atoms with Crippen molar-refractivity contribution in [1.29, 1.82) is 5.41 Å². The van der Waals surface area contributed by atoms with Gasteiger partial charge in [0.25, 0.3) is 0 Å². The van der Waals surface area contributed by atoms with Crippen LogP contribution in [0.25, 0.3) is 11.1 Å². The second-order valence-electron chi connectivity index (χ2n) is 6.32. The van der Waals surface area contributed by atoms with Crippen LogP contribution in [0.3, 0.4) is 0 Å². The molecule has 0 amide bonds. The lowest BCUT2D eigenvalue weighted by Crippen LogP contribution is -2.51. The third kappa shape index (κ3) is 3.72. The summed E-state index contributed by atoms with van der Waals surface area (Å²) in [5, 5.41) is 11.0. The van der Waals surface area contributed by atoms with Crippen LogP contribution in [-0.2, 0) is 10.3 Å². The zero-order valence-electron chi connectivity index (χ0n) is 14.3. The van der Waals surface area contributed by atoms with E-state index >= 15 is 0 Å². The Balaban J connectivity index is 2.06. The predicted octanol–water partition coefficient (Wildman–Crippen LogP) is 4.21. The largest absolute Gasteiger partial charge is 0.461 e. The highest BCUT2D eigenvalue weighted by molar-refractivity contribution is 14.1. The zero-order valence-corrected chi connectivity index (χ0v) is 16.4. The molecule has 3 rings (SSSR count).